The van der Waals surface area contributed by atoms with Gasteiger partial charge in [-0.25, -0.2) is 9.59 Å². The number of nitrogens with two attached hydrogens (primary N) is 1. The molecule has 1 aromatic carbocycles. The Hall–Kier alpha value is -2.28. The highest BCUT2D eigenvalue weighted by Gasteiger charge is 2.21. The molecular formula is C12H14ClN3O4. The van der Waals surface area contributed by atoms with E-state index in [1.807, 2.05) is 0 Å². The highest BCUT2D eigenvalue weighted by atomic mass is 35.5. The molecule has 0 heterocycles. The van der Waals surface area contributed by atoms with Gasteiger partial charge in [0.2, 0.25) is 5.91 Å². The molecule has 0 aliphatic heterocycles. The van der Waals surface area contributed by atoms with E-state index in [1.165, 1.54) is 0 Å². The number of hydrogen-bond acceptors (Lipinski definition) is 3. The number of hydrogen-bond donors (Lipinski definition) is 4. The van der Waals surface area contributed by atoms with Gasteiger partial charge in [0.1, 0.15) is 6.04 Å². The van der Waals surface area contributed by atoms with Crippen LogP contribution in [0, 0.1) is 0 Å². The van der Waals surface area contributed by atoms with Gasteiger partial charge in [0.05, 0.1) is 6.42 Å². The minimum absolute atomic E-state index is 0.133. The van der Waals surface area contributed by atoms with Gasteiger partial charge in [-0.2, -0.15) is 0 Å². The monoisotopic (exact) mass is 299 g/mol. The molecule has 8 heteroatoms. The van der Waals surface area contributed by atoms with Crippen LogP contribution in [0.25, 0.3) is 0 Å². The van der Waals surface area contributed by atoms with Gasteiger partial charge in [-0.05, 0) is 11.6 Å². The third-order valence-electron chi connectivity index (χ3n) is 2.41. The predicted molar refractivity (Wildman–Crippen MR) is 72.1 cm³/mol. The lowest BCUT2D eigenvalue weighted by atomic mass is 10.2. The molecule has 108 valence electrons. The Bertz CT molecular complexity index is 521. The number of aliphatic carboxylic acids is 1. The van der Waals surface area contributed by atoms with Crippen molar-refractivity contribution in [3.05, 3.63) is 34.9 Å². The zero-order chi connectivity index (χ0) is 15.1. The van der Waals surface area contributed by atoms with Gasteiger partial charge in [0.15, 0.2) is 0 Å². The van der Waals surface area contributed by atoms with E-state index < -0.39 is 30.4 Å². The van der Waals surface area contributed by atoms with Gasteiger partial charge in [0.25, 0.3) is 0 Å². The summed E-state index contributed by atoms with van der Waals surface area (Å²) in [7, 11) is 0. The summed E-state index contributed by atoms with van der Waals surface area (Å²) in [4.78, 5) is 33.1. The average Bonchev–Trinajstić information content (AvgIpc) is 2.36. The lowest BCUT2D eigenvalue weighted by Crippen LogP contribution is -2.47. The number of carboxylic acid groups (broad SMARTS) is 1. The topological polar surface area (TPSA) is 122 Å². The number of urea groups is 1. The molecule has 1 rings (SSSR count). The number of nitrogens with one attached hydrogen (secondary N) is 2. The van der Waals surface area contributed by atoms with Crippen LogP contribution in [0.5, 0.6) is 0 Å². The van der Waals surface area contributed by atoms with E-state index in [0.717, 1.165) is 0 Å². The fourth-order valence-electron chi connectivity index (χ4n) is 1.43. The first-order valence-electron chi connectivity index (χ1n) is 5.69. The highest BCUT2D eigenvalue weighted by molar-refractivity contribution is 6.31. The molecule has 0 fully saturated rings. The van der Waals surface area contributed by atoms with Crippen LogP contribution in [0.3, 0.4) is 0 Å². The molecule has 0 aliphatic rings. The third kappa shape index (κ3) is 5.15. The zero-order valence-electron chi connectivity index (χ0n) is 10.4. The first kappa shape index (κ1) is 15.8. The second-order valence-electron chi connectivity index (χ2n) is 3.98. The second-order valence-corrected chi connectivity index (χ2v) is 4.39. The molecule has 0 spiro atoms. The quantitative estimate of drug-likeness (QED) is 0.610. The van der Waals surface area contributed by atoms with E-state index in [9.17, 15) is 14.4 Å². The zero-order valence-corrected chi connectivity index (χ0v) is 11.2. The van der Waals surface area contributed by atoms with Crippen molar-refractivity contribution in [1.29, 1.82) is 0 Å². The van der Waals surface area contributed by atoms with Crippen molar-refractivity contribution in [1.82, 2.24) is 10.6 Å². The Morgan fingerprint density at radius 3 is 2.50 bits per heavy atom. The van der Waals surface area contributed by atoms with Crippen LogP contribution in [-0.2, 0) is 16.1 Å². The first-order chi connectivity index (χ1) is 9.40. The van der Waals surface area contributed by atoms with Crippen LogP contribution in [0.15, 0.2) is 24.3 Å². The first-order valence-corrected chi connectivity index (χ1v) is 6.07. The van der Waals surface area contributed by atoms with E-state index in [1.54, 1.807) is 24.3 Å². The number of carbonyl (C=O) groups excluding carboxylic acids is 2. The van der Waals surface area contributed by atoms with Crippen LogP contribution >= 0.6 is 11.6 Å². The highest BCUT2D eigenvalue weighted by Crippen LogP contribution is 2.14. The second kappa shape index (κ2) is 7.34. The Morgan fingerprint density at radius 1 is 1.30 bits per heavy atom. The Balaban J connectivity index is 2.52. The summed E-state index contributed by atoms with van der Waals surface area (Å²) in [6, 6.07) is 4.81. The predicted octanol–water partition coefficient (Wildman–Crippen LogP) is 0.468. The normalized spacial score (nSPS) is 11.4. The molecular weight excluding hydrogens is 286 g/mol. The Kier molecular flexibility index (Phi) is 5.79. The molecule has 0 bridgehead atoms. The number of rotatable bonds is 6. The van der Waals surface area contributed by atoms with E-state index in [-0.39, 0.29) is 6.54 Å². The molecule has 1 atom stereocenters. The molecule has 0 aromatic heterocycles. The average molecular weight is 300 g/mol. The summed E-state index contributed by atoms with van der Waals surface area (Å²) < 4.78 is 0. The van der Waals surface area contributed by atoms with E-state index in [2.05, 4.69) is 10.6 Å². The summed E-state index contributed by atoms with van der Waals surface area (Å²) >= 11 is 5.91. The molecule has 5 N–H and O–H groups in total. The Morgan fingerprint density at radius 2 is 1.95 bits per heavy atom. The minimum atomic E-state index is -1.36. The van der Waals surface area contributed by atoms with Gasteiger partial charge in [-0.15, -0.1) is 0 Å². The summed E-state index contributed by atoms with van der Waals surface area (Å²) in [6.45, 7) is 0.133. The molecule has 7 nitrogen and oxygen atoms in total. The van der Waals surface area contributed by atoms with Crippen molar-refractivity contribution in [3.8, 4) is 0 Å². The van der Waals surface area contributed by atoms with Crippen LogP contribution in [0.1, 0.15) is 12.0 Å². The molecule has 0 saturated heterocycles. The van der Waals surface area contributed by atoms with Gasteiger partial charge < -0.3 is 21.5 Å². The lowest BCUT2D eigenvalue weighted by molar-refractivity contribution is -0.140. The smallest absolute Gasteiger partial charge is 0.326 e. The molecule has 0 radical (unpaired) electrons. The summed E-state index contributed by atoms with van der Waals surface area (Å²) in [6.07, 6.45) is -0.477. The van der Waals surface area contributed by atoms with Crippen molar-refractivity contribution in [2.24, 2.45) is 5.73 Å². The summed E-state index contributed by atoms with van der Waals surface area (Å²) in [5.41, 5.74) is 5.59. The lowest BCUT2D eigenvalue weighted by Gasteiger charge is -2.14. The number of carboxylic acids is 1. The largest absolute Gasteiger partial charge is 0.480 e. The number of primary amides is 1. The molecule has 0 unspecified atom stereocenters. The maximum absolute atomic E-state index is 11.5. The maximum atomic E-state index is 11.5. The standard InChI is InChI=1S/C12H14ClN3O4/c13-8-4-2-1-3-7(8)6-15-12(20)16-9(11(18)19)5-10(14)17/h1-4,9H,5-6H2,(H2,14,17)(H,18,19)(H2,15,16,20)/t9-/m1/s1. The molecule has 1 aromatic rings. The van der Waals surface area contributed by atoms with Crippen molar-refractivity contribution >= 4 is 29.5 Å². The fraction of sp³-hybridized carbons (Fsp3) is 0.250. The van der Waals surface area contributed by atoms with Crippen molar-refractivity contribution in [3.63, 3.8) is 0 Å². The number of benzene rings is 1. The van der Waals surface area contributed by atoms with Crippen molar-refractivity contribution in [2.75, 3.05) is 0 Å². The van der Waals surface area contributed by atoms with Crippen molar-refractivity contribution < 1.29 is 19.5 Å². The third-order valence-corrected chi connectivity index (χ3v) is 2.77. The van der Waals surface area contributed by atoms with E-state index in [0.29, 0.717) is 10.6 Å². The fourth-order valence-corrected chi connectivity index (χ4v) is 1.63. The van der Waals surface area contributed by atoms with Crippen LogP contribution in [0.2, 0.25) is 5.02 Å². The Labute approximate surface area is 120 Å². The molecule has 0 saturated carbocycles. The van der Waals surface area contributed by atoms with Crippen LogP contribution in [0.4, 0.5) is 4.79 Å². The number of halogens is 1. The van der Waals surface area contributed by atoms with Gasteiger partial charge in [-0.3, -0.25) is 4.79 Å². The molecule has 0 aliphatic carbocycles. The summed E-state index contributed by atoms with van der Waals surface area (Å²) in [5, 5.41) is 13.9. The van der Waals surface area contributed by atoms with E-state index >= 15 is 0 Å². The van der Waals surface area contributed by atoms with E-state index in [4.69, 9.17) is 22.4 Å². The van der Waals surface area contributed by atoms with Crippen molar-refractivity contribution in [2.45, 2.75) is 19.0 Å². The SMILES string of the molecule is NC(=O)C[C@@H](NC(=O)NCc1ccccc1Cl)C(=O)O. The molecule has 20 heavy (non-hydrogen) atoms. The number of amides is 3. The van der Waals surface area contributed by atoms with Crippen LogP contribution in [-0.4, -0.2) is 29.1 Å². The van der Waals surface area contributed by atoms with Gasteiger partial charge in [-0.1, -0.05) is 29.8 Å². The summed E-state index contributed by atoms with van der Waals surface area (Å²) in [5.74, 6) is -2.15. The van der Waals surface area contributed by atoms with Crippen LogP contribution < -0.4 is 16.4 Å². The van der Waals surface area contributed by atoms with Gasteiger partial charge >= 0.3 is 12.0 Å². The minimum Gasteiger partial charge on any atom is -0.480 e. The maximum Gasteiger partial charge on any atom is 0.326 e. The molecule has 3 amide bonds. The van der Waals surface area contributed by atoms with Gasteiger partial charge in [0, 0.05) is 11.6 Å². The number of carbonyl (C=O) groups is 3.